The third-order valence-corrected chi connectivity index (χ3v) is 3.31. The van der Waals surface area contributed by atoms with Gasteiger partial charge in [-0.3, -0.25) is 9.88 Å². The molecule has 0 fully saturated rings. The summed E-state index contributed by atoms with van der Waals surface area (Å²) in [6, 6.07) is 7.27. The molecule has 14 heavy (non-hydrogen) atoms. The molecule has 0 radical (unpaired) electrons. The van der Waals surface area contributed by atoms with Crippen LogP contribution in [0.2, 0.25) is 0 Å². The van der Waals surface area contributed by atoms with Gasteiger partial charge in [-0.1, -0.05) is 24.3 Å². The zero-order chi connectivity index (χ0) is 9.47. The minimum Gasteiger partial charge on any atom is -0.323 e. The number of hydrogen-bond acceptors (Lipinski definition) is 2. The Hall–Kier alpha value is -0.190. The van der Waals surface area contributed by atoms with Gasteiger partial charge in [0, 0.05) is 6.54 Å². The molecule has 0 aromatic heterocycles. The average Bonchev–Trinajstić information content (AvgIpc) is 2.45. The summed E-state index contributed by atoms with van der Waals surface area (Å²) in [5.74, 6) is -0.816. The summed E-state index contributed by atoms with van der Waals surface area (Å²) in [7, 11) is -4.06. The van der Waals surface area contributed by atoms with Gasteiger partial charge in [0.05, 0.1) is 0 Å². The van der Waals surface area contributed by atoms with Crippen molar-refractivity contribution in [3.8, 4) is 0 Å². The van der Waals surface area contributed by atoms with Gasteiger partial charge < -0.3 is 9.79 Å². The minimum atomic E-state index is -4.06. The molecule has 4 nitrogen and oxygen atoms in total. The Morgan fingerprint density at radius 1 is 1.36 bits per heavy atom. The molecule has 0 saturated carbocycles. The van der Waals surface area contributed by atoms with Crippen molar-refractivity contribution < 1.29 is 14.4 Å². The summed E-state index contributed by atoms with van der Waals surface area (Å²) in [6.45, 7) is 0.534. The summed E-state index contributed by atoms with van der Waals surface area (Å²) >= 11 is 0. The van der Waals surface area contributed by atoms with E-state index in [4.69, 9.17) is 9.79 Å². The molecule has 0 saturated heterocycles. The summed E-state index contributed by atoms with van der Waals surface area (Å²) in [6.07, 6.45) is 0. The molecule has 0 bridgehead atoms. The molecule has 1 aromatic rings. The van der Waals surface area contributed by atoms with Gasteiger partial charge in [-0.25, -0.2) is 0 Å². The molecule has 0 aliphatic carbocycles. The fourth-order valence-corrected chi connectivity index (χ4v) is 2.52. The normalized spacial score (nSPS) is 20.0. The molecule has 2 rings (SSSR count). The van der Waals surface area contributed by atoms with Crippen molar-refractivity contribution in [1.29, 1.82) is 0 Å². The van der Waals surface area contributed by atoms with Crippen LogP contribution in [0.3, 0.4) is 0 Å². The number of fused-ring (bicyclic) bond motifs is 1. The maximum absolute atomic E-state index is 11.0. The van der Waals surface area contributed by atoms with Crippen molar-refractivity contribution in [3.63, 3.8) is 0 Å². The highest BCUT2D eigenvalue weighted by molar-refractivity contribution is 8.93. The Morgan fingerprint density at radius 2 is 2.00 bits per heavy atom. The molecule has 1 atom stereocenters. The maximum Gasteiger partial charge on any atom is 0.346 e. The first-order valence-electron chi connectivity index (χ1n) is 3.95. The molecule has 78 valence electrons. The second kappa shape index (κ2) is 4.13. The minimum absolute atomic E-state index is 0. The quantitative estimate of drug-likeness (QED) is 0.682. The number of rotatable bonds is 1. The van der Waals surface area contributed by atoms with Crippen molar-refractivity contribution in [1.82, 2.24) is 5.32 Å². The molecule has 6 heteroatoms. The molecule has 0 amide bonds. The predicted molar refractivity (Wildman–Crippen MR) is 58.4 cm³/mol. The lowest BCUT2D eigenvalue weighted by atomic mass is 10.1. The number of nitrogens with one attached hydrogen (secondary N) is 1. The molecule has 1 aromatic carbocycles. The lowest BCUT2D eigenvalue weighted by Crippen LogP contribution is -2.11. The third kappa shape index (κ3) is 2.07. The van der Waals surface area contributed by atoms with Crippen molar-refractivity contribution in [2.45, 2.75) is 12.3 Å². The van der Waals surface area contributed by atoms with Crippen LogP contribution < -0.4 is 5.32 Å². The Labute approximate surface area is 92.3 Å². The van der Waals surface area contributed by atoms with Gasteiger partial charge in [0.2, 0.25) is 0 Å². The van der Waals surface area contributed by atoms with Crippen LogP contribution in [0.1, 0.15) is 16.9 Å². The van der Waals surface area contributed by atoms with E-state index < -0.39 is 13.4 Å². The second-order valence-corrected chi connectivity index (χ2v) is 4.77. The standard InChI is InChI=1S/C8H10NO3P.BrH/c10-13(11,12)8-7-4-2-1-3-6(7)5-9-8;/h1-4,8-9H,5H2,(H2,10,11,12);1H. The summed E-state index contributed by atoms with van der Waals surface area (Å²) in [5, 5.41) is 2.80. The summed E-state index contributed by atoms with van der Waals surface area (Å²) in [4.78, 5) is 18.0. The number of hydrogen-bond donors (Lipinski definition) is 3. The van der Waals surface area contributed by atoms with Crippen LogP contribution >= 0.6 is 24.6 Å². The van der Waals surface area contributed by atoms with Crippen molar-refractivity contribution in [2.75, 3.05) is 0 Å². The van der Waals surface area contributed by atoms with E-state index in [9.17, 15) is 4.57 Å². The van der Waals surface area contributed by atoms with E-state index in [0.717, 1.165) is 11.1 Å². The van der Waals surface area contributed by atoms with Crippen LogP contribution in [0.25, 0.3) is 0 Å². The Bertz CT molecular complexity index is 379. The largest absolute Gasteiger partial charge is 0.346 e. The average molecular weight is 280 g/mol. The highest BCUT2D eigenvalue weighted by atomic mass is 79.9. The molecule has 1 unspecified atom stereocenters. The van der Waals surface area contributed by atoms with Crippen molar-refractivity contribution >= 4 is 24.6 Å². The van der Waals surface area contributed by atoms with Crippen LogP contribution in [0.4, 0.5) is 0 Å². The van der Waals surface area contributed by atoms with Crippen LogP contribution in [0.15, 0.2) is 24.3 Å². The zero-order valence-corrected chi connectivity index (χ0v) is 9.86. The SMILES string of the molecule is Br.O=P(O)(O)C1NCc2ccccc21. The lowest BCUT2D eigenvalue weighted by Gasteiger charge is -2.13. The van der Waals surface area contributed by atoms with Crippen LogP contribution in [-0.4, -0.2) is 9.79 Å². The Balaban J connectivity index is 0.000000980. The van der Waals surface area contributed by atoms with E-state index >= 15 is 0 Å². The van der Waals surface area contributed by atoms with Crippen LogP contribution in [-0.2, 0) is 11.1 Å². The van der Waals surface area contributed by atoms with Gasteiger partial charge in [0.1, 0.15) is 5.78 Å². The third-order valence-electron chi connectivity index (χ3n) is 2.17. The number of halogens is 1. The van der Waals surface area contributed by atoms with Crippen molar-refractivity contribution in [3.05, 3.63) is 35.4 Å². The highest BCUT2D eigenvalue weighted by Gasteiger charge is 2.35. The highest BCUT2D eigenvalue weighted by Crippen LogP contribution is 2.52. The predicted octanol–water partition coefficient (Wildman–Crippen LogP) is 1.54. The fourth-order valence-electron chi connectivity index (χ4n) is 1.58. The second-order valence-electron chi connectivity index (χ2n) is 3.07. The molecular formula is C8H11BrNO3P. The van der Waals surface area contributed by atoms with Crippen molar-refractivity contribution in [2.24, 2.45) is 0 Å². The van der Waals surface area contributed by atoms with E-state index in [2.05, 4.69) is 5.32 Å². The van der Waals surface area contributed by atoms with E-state index in [1.54, 1.807) is 12.1 Å². The van der Waals surface area contributed by atoms with Gasteiger partial charge in [-0.05, 0) is 11.1 Å². The molecular weight excluding hydrogens is 269 g/mol. The van der Waals surface area contributed by atoms with Crippen LogP contribution in [0.5, 0.6) is 0 Å². The van der Waals surface area contributed by atoms with Gasteiger partial charge in [-0.2, -0.15) is 0 Å². The maximum atomic E-state index is 11.0. The van der Waals surface area contributed by atoms with Gasteiger partial charge in [-0.15, -0.1) is 17.0 Å². The lowest BCUT2D eigenvalue weighted by molar-refractivity contribution is 0.352. The van der Waals surface area contributed by atoms with E-state index in [0.29, 0.717) is 6.54 Å². The van der Waals surface area contributed by atoms with E-state index in [-0.39, 0.29) is 17.0 Å². The number of benzene rings is 1. The Kier molecular flexibility index (Phi) is 3.50. The van der Waals surface area contributed by atoms with E-state index in [1.807, 2.05) is 12.1 Å². The molecule has 3 N–H and O–H groups in total. The summed E-state index contributed by atoms with van der Waals surface area (Å²) < 4.78 is 11.0. The molecule has 1 aliphatic heterocycles. The fraction of sp³-hybridized carbons (Fsp3) is 0.250. The summed E-state index contributed by atoms with van der Waals surface area (Å²) in [5.41, 5.74) is 1.69. The van der Waals surface area contributed by atoms with Gasteiger partial charge in [0.25, 0.3) is 0 Å². The molecule has 0 spiro atoms. The van der Waals surface area contributed by atoms with Gasteiger partial charge >= 0.3 is 7.60 Å². The monoisotopic (exact) mass is 279 g/mol. The zero-order valence-electron chi connectivity index (χ0n) is 7.25. The van der Waals surface area contributed by atoms with E-state index in [1.165, 1.54) is 0 Å². The molecule has 1 heterocycles. The topological polar surface area (TPSA) is 69.6 Å². The Morgan fingerprint density at radius 3 is 2.64 bits per heavy atom. The molecule has 1 aliphatic rings. The van der Waals surface area contributed by atoms with Gasteiger partial charge in [0.15, 0.2) is 0 Å². The first kappa shape index (κ1) is 11.9. The van der Waals surface area contributed by atoms with Crippen LogP contribution in [0, 0.1) is 0 Å². The first-order valence-corrected chi connectivity index (χ1v) is 5.63. The smallest absolute Gasteiger partial charge is 0.323 e. The first-order chi connectivity index (χ1) is 6.09.